The average molecular weight is 536 g/mol. The van der Waals surface area contributed by atoms with Gasteiger partial charge in [0.25, 0.3) is 0 Å². The molecular formula is C16H34IN5O3S2. The minimum atomic E-state index is -3.28. The highest BCUT2D eigenvalue weighted by Crippen LogP contribution is 2.13. The summed E-state index contributed by atoms with van der Waals surface area (Å²) in [6.07, 6.45) is 0. The molecule has 0 aliphatic carbocycles. The van der Waals surface area contributed by atoms with Gasteiger partial charge in [0.15, 0.2) is 5.96 Å². The van der Waals surface area contributed by atoms with Gasteiger partial charge >= 0.3 is 0 Å². The molecule has 160 valence electrons. The smallest absolute Gasteiger partial charge is 0.240 e. The van der Waals surface area contributed by atoms with E-state index < -0.39 is 10.0 Å². The molecule has 11 heteroatoms. The van der Waals surface area contributed by atoms with E-state index in [1.54, 1.807) is 28.0 Å². The molecule has 27 heavy (non-hydrogen) atoms. The van der Waals surface area contributed by atoms with Gasteiger partial charge in [0.05, 0.1) is 18.8 Å². The molecule has 0 saturated carbocycles. The number of hydrogen-bond donors (Lipinski definition) is 2. The molecule has 0 aromatic carbocycles. The van der Waals surface area contributed by atoms with Crippen LogP contribution in [0.15, 0.2) is 4.99 Å². The number of carbonyl (C=O) groups excluding carboxylic acids is 1. The van der Waals surface area contributed by atoms with Gasteiger partial charge in [-0.25, -0.2) is 12.7 Å². The number of likely N-dealkylation sites (N-methyl/N-ethyl adjacent to an activating group) is 1. The van der Waals surface area contributed by atoms with E-state index in [0.717, 1.165) is 11.5 Å². The van der Waals surface area contributed by atoms with Crippen LogP contribution in [-0.4, -0.2) is 92.1 Å². The first-order valence-corrected chi connectivity index (χ1v) is 11.7. The van der Waals surface area contributed by atoms with Crippen molar-refractivity contribution in [2.24, 2.45) is 4.99 Å². The van der Waals surface area contributed by atoms with E-state index in [9.17, 15) is 13.2 Å². The lowest BCUT2D eigenvalue weighted by atomic mass is 10.1. The Hall–Kier alpha value is -0.270. The molecule has 1 heterocycles. The van der Waals surface area contributed by atoms with Crippen molar-refractivity contribution in [1.29, 1.82) is 0 Å². The zero-order chi connectivity index (χ0) is 19.8. The summed E-state index contributed by atoms with van der Waals surface area (Å²) in [5, 5.41) is 6.00. The van der Waals surface area contributed by atoms with E-state index in [1.807, 2.05) is 27.7 Å². The fourth-order valence-corrected chi connectivity index (χ4v) is 4.89. The Morgan fingerprint density at radius 2 is 1.85 bits per heavy atom. The van der Waals surface area contributed by atoms with Crippen molar-refractivity contribution in [3.8, 4) is 0 Å². The van der Waals surface area contributed by atoms with E-state index >= 15 is 0 Å². The number of nitrogens with one attached hydrogen (secondary N) is 2. The second-order valence-corrected chi connectivity index (χ2v) is 10.5. The summed E-state index contributed by atoms with van der Waals surface area (Å²) in [6, 6.07) is 0. The minimum Gasteiger partial charge on any atom is -0.357 e. The van der Waals surface area contributed by atoms with Gasteiger partial charge in [-0.05, 0) is 27.7 Å². The van der Waals surface area contributed by atoms with Crippen molar-refractivity contribution in [2.45, 2.75) is 33.2 Å². The Labute approximate surface area is 185 Å². The van der Waals surface area contributed by atoms with Gasteiger partial charge in [-0.3, -0.25) is 9.79 Å². The van der Waals surface area contributed by atoms with Crippen LogP contribution in [0.4, 0.5) is 0 Å². The number of thioether (sulfide) groups is 1. The third kappa shape index (κ3) is 10.7. The maximum atomic E-state index is 12.4. The molecule has 0 bridgehead atoms. The van der Waals surface area contributed by atoms with Crippen molar-refractivity contribution in [3.05, 3.63) is 0 Å². The summed E-state index contributed by atoms with van der Waals surface area (Å²) in [5.74, 6) is 2.09. The topological polar surface area (TPSA) is 94.1 Å². The number of sulfonamides is 1. The van der Waals surface area contributed by atoms with Gasteiger partial charge in [-0.2, -0.15) is 11.8 Å². The third-order valence-corrected chi connectivity index (χ3v) is 6.36. The first kappa shape index (κ1) is 26.7. The fraction of sp³-hybridized carbons (Fsp3) is 0.875. The summed E-state index contributed by atoms with van der Waals surface area (Å²) >= 11 is 1.78. The average Bonchev–Trinajstić information content (AvgIpc) is 2.53. The molecule has 8 nitrogen and oxygen atoms in total. The zero-order valence-corrected chi connectivity index (χ0v) is 20.9. The van der Waals surface area contributed by atoms with E-state index in [-0.39, 0.29) is 54.3 Å². The lowest BCUT2D eigenvalue weighted by Gasteiger charge is -2.26. The Bertz CT molecular complexity index is 587. The van der Waals surface area contributed by atoms with Gasteiger partial charge in [-0.1, -0.05) is 0 Å². The molecule has 2 N–H and O–H groups in total. The number of aliphatic imine (C=N–C) groups is 1. The molecule has 1 aliphatic heterocycles. The SMILES string of the molecule is CCNC(=NCCS(=O)(=O)N1CCSCC1)N(C)CC(=O)NC(C)(C)C.I. The van der Waals surface area contributed by atoms with Crippen molar-refractivity contribution >= 4 is 57.6 Å². The van der Waals surface area contributed by atoms with Crippen LogP contribution in [0.3, 0.4) is 0 Å². The van der Waals surface area contributed by atoms with Crippen molar-refractivity contribution < 1.29 is 13.2 Å². The van der Waals surface area contributed by atoms with Gasteiger partial charge < -0.3 is 15.5 Å². The number of halogens is 1. The molecular weight excluding hydrogens is 501 g/mol. The minimum absolute atomic E-state index is 0. The quantitative estimate of drug-likeness (QED) is 0.285. The Balaban J connectivity index is 0.00000676. The number of hydrogen-bond acceptors (Lipinski definition) is 5. The molecule has 1 amide bonds. The van der Waals surface area contributed by atoms with E-state index in [0.29, 0.717) is 25.6 Å². The number of carbonyl (C=O) groups is 1. The Morgan fingerprint density at radius 3 is 2.37 bits per heavy atom. The van der Waals surface area contributed by atoms with Crippen molar-refractivity contribution in [2.75, 3.05) is 57.0 Å². The summed E-state index contributed by atoms with van der Waals surface area (Å²) in [5.41, 5.74) is -0.297. The summed E-state index contributed by atoms with van der Waals surface area (Å²) in [6.45, 7) is 9.81. The molecule has 0 atom stereocenters. The lowest BCUT2D eigenvalue weighted by Crippen LogP contribution is -2.49. The van der Waals surface area contributed by atoms with Crippen LogP contribution in [0.2, 0.25) is 0 Å². The van der Waals surface area contributed by atoms with Crippen LogP contribution >= 0.6 is 35.7 Å². The predicted octanol–water partition coefficient (Wildman–Crippen LogP) is 0.795. The molecule has 1 rings (SSSR count). The van der Waals surface area contributed by atoms with Gasteiger partial charge in [0.2, 0.25) is 15.9 Å². The van der Waals surface area contributed by atoms with Crippen molar-refractivity contribution in [3.63, 3.8) is 0 Å². The molecule has 1 fully saturated rings. The van der Waals surface area contributed by atoms with Crippen LogP contribution < -0.4 is 10.6 Å². The lowest BCUT2D eigenvalue weighted by molar-refractivity contribution is -0.122. The zero-order valence-electron chi connectivity index (χ0n) is 16.9. The number of nitrogens with zero attached hydrogens (tertiary/aromatic N) is 3. The van der Waals surface area contributed by atoms with Gasteiger partial charge in [-0.15, -0.1) is 24.0 Å². The molecule has 1 saturated heterocycles. The van der Waals surface area contributed by atoms with Crippen LogP contribution in [0.1, 0.15) is 27.7 Å². The molecule has 1 aliphatic rings. The Kier molecular flexibility index (Phi) is 12.2. The van der Waals surface area contributed by atoms with Crippen LogP contribution in [0.5, 0.6) is 0 Å². The number of rotatable bonds is 7. The third-order valence-electron chi connectivity index (χ3n) is 3.57. The molecule has 0 radical (unpaired) electrons. The highest BCUT2D eigenvalue weighted by molar-refractivity contribution is 14.0. The molecule has 0 aromatic heterocycles. The largest absolute Gasteiger partial charge is 0.357 e. The van der Waals surface area contributed by atoms with Crippen molar-refractivity contribution in [1.82, 2.24) is 19.8 Å². The Morgan fingerprint density at radius 1 is 1.26 bits per heavy atom. The predicted molar refractivity (Wildman–Crippen MR) is 125 cm³/mol. The maximum Gasteiger partial charge on any atom is 0.240 e. The highest BCUT2D eigenvalue weighted by atomic mass is 127. The summed E-state index contributed by atoms with van der Waals surface area (Å²) in [7, 11) is -1.52. The standard InChI is InChI=1S/C16H33N5O3S2.HI/c1-6-17-15(20(5)13-14(22)19-16(2,3)4)18-7-12-26(23,24)21-8-10-25-11-9-21;/h6-13H2,1-5H3,(H,17,18)(H,19,22);1H. The number of amides is 1. The van der Waals surface area contributed by atoms with E-state index in [1.165, 1.54) is 0 Å². The van der Waals surface area contributed by atoms with Crippen LogP contribution in [0.25, 0.3) is 0 Å². The highest BCUT2D eigenvalue weighted by Gasteiger charge is 2.23. The monoisotopic (exact) mass is 535 g/mol. The van der Waals surface area contributed by atoms with E-state index in [4.69, 9.17) is 0 Å². The first-order valence-electron chi connectivity index (χ1n) is 8.91. The summed E-state index contributed by atoms with van der Waals surface area (Å²) in [4.78, 5) is 18.2. The van der Waals surface area contributed by atoms with Crippen LogP contribution in [-0.2, 0) is 14.8 Å². The normalized spacial score (nSPS) is 16.4. The maximum absolute atomic E-state index is 12.4. The second kappa shape index (κ2) is 12.3. The van der Waals surface area contributed by atoms with E-state index in [2.05, 4.69) is 15.6 Å². The fourth-order valence-electron chi connectivity index (χ4n) is 2.44. The first-order chi connectivity index (χ1) is 12.0. The number of guanidine groups is 1. The molecule has 0 unspecified atom stereocenters. The van der Waals surface area contributed by atoms with Gasteiger partial charge in [0.1, 0.15) is 0 Å². The molecule has 0 aromatic rings. The molecule has 0 spiro atoms. The second-order valence-electron chi connectivity index (χ2n) is 7.22. The summed E-state index contributed by atoms with van der Waals surface area (Å²) < 4.78 is 26.3. The van der Waals surface area contributed by atoms with Crippen LogP contribution in [0, 0.1) is 0 Å². The van der Waals surface area contributed by atoms with Gasteiger partial charge in [0, 0.05) is 43.7 Å².